The number of likely N-dealkylation sites (N-methyl/N-ethyl adjacent to an activating group) is 2. The van der Waals surface area contributed by atoms with Gasteiger partial charge in [-0.05, 0) is 138 Å². The highest BCUT2D eigenvalue weighted by molar-refractivity contribution is 5.64. The number of likely N-dealkylation sites (tertiary alicyclic amines) is 1. The van der Waals surface area contributed by atoms with E-state index in [9.17, 15) is 0 Å². The molecule has 8 heterocycles. The second-order valence-electron chi connectivity index (χ2n) is 15.0. The summed E-state index contributed by atoms with van der Waals surface area (Å²) in [6, 6.07) is 18.0. The van der Waals surface area contributed by atoms with Gasteiger partial charge >= 0.3 is 0 Å². The molecule has 0 radical (unpaired) electrons. The molecule has 1 fully saturated rings. The topological polar surface area (TPSA) is 55.9 Å². The van der Waals surface area contributed by atoms with Gasteiger partial charge in [0.2, 0.25) is 5.75 Å². The molecule has 8 aliphatic heterocycles. The fourth-order valence-electron chi connectivity index (χ4n) is 8.63. The fourth-order valence-corrected chi connectivity index (χ4v) is 8.63. The lowest BCUT2D eigenvalue weighted by Crippen LogP contribution is -2.39. The van der Waals surface area contributed by atoms with Crippen LogP contribution in [0.15, 0.2) is 83.9 Å². The maximum Gasteiger partial charge on any atom is 0.212 e. The van der Waals surface area contributed by atoms with Crippen LogP contribution in [0.2, 0.25) is 0 Å². The number of rotatable bonds is 5. The molecule has 3 aromatic rings. The van der Waals surface area contributed by atoms with Gasteiger partial charge in [0, 0.05) is 36.8 Å². The smallest absolute Gasteiger partial charge is 0.212 e. The van der Waals surface area contributed by atoms with Crippen molar-refractivity contribution in [2.75, 3.05) is 54.5 Å². The molecule has 0 amide bonds. The number of hydrogen-bond donors (Lipinski definition) is 0. The van der Waals surface area contributed by atoms with Gasteiger partial charge in [-0.3, -0.25) is 9.80 Å². The van der Waals surface area contributed by atoms with E-state index >= 15 is 0 Å². The summed E-state index contributed by atoms with van der Waals surface area (Å²) >= 11 is 0. The van der Waals surface area contributed by atoms with E-state index in [2.05, 4.69) is 104 Å². The van der Waals surface area contributed by atoms with E-state index in [0.29, 0.717) is 35.7 Å². The van der Waals surface area contributed by atoms with Gasteiger partial charge in [0.25, 0.3) is 0 Å². The first-order valence-corrected chi connectivity index (χ1v) is 18.6. The standard InChI is InChI=1S/C43H51N3O5/c1-27-31-15-19-45(4)35(27)23-30-11-14-37(48-21-17-33-8-7-18-44(33)3)39(24-30)50-34-12-9-29(10-13-34)22-36-41-32(16-20-46(36)5)26-40(47-6)42-43(41)49-28(2)38(25-31)51-42/h9-14,24-26,33,35-36H,2,7-8,15-23H2,1,3-6H3/b38-25+. The van der Waals surface area contributed by atoms with Gasteiger partial charge in [-0.25, -0.2) is 0 Å². The Balaban J connectivity index is 1.20. The van der Waals surface area contributed by atoms with Crippen molar-refractivity contribution >= 4 is 0 Å². The Labute approximate surface area is 302 Å². The molecule has 8 heteroatoms. The number of ether oxygens (including phenoxy) is 5. The highest BCUT2D eigenvalue weighted by atomic mass is 16.6. The number of hydrogen-bond acceptors (Lipinski definition) is 8. The zero-order valence-corrected chi connectivity index (χ0v) is 30.8. The molecular formula is C43H51N3O5. The summed E-state index contributed by atoms with van der Waals surface area (Å²) < 4.78 is 32.4. The van der Waals surface area contributed by atoms with E-state index in [4.69, 9.17) is 23.7 Å². The summed E-state index contributed by atoms with van der Waals surface area (Å²) in [5.74, 6) is 5.54. The van der Waals surface area contributed by atoms with Crippen molar-refractivity contribution in [1.29, 1.82) is 0 Å². The van der Waals surface area contributed by atoms with Crippen molar-refractivity contribution in [2.24, 2.45) is 0 Å². The number of allylic oxidation sites excluding steroid dienone is 1. The average molecular weight is 690 g/mol. The van der Waals surface area contributed by atoms with Crippen LogP contribution in [0.3, 0.4) is 0 Å². The van der Waals surface area contributed by atoms with Crippen LogP contribution in [0.4, 0.5) is 0 Å². The Morgan fingerprint density at radius 1 is 0.804 bits per heavy atom. The fraction of sp³-hybridized carbons (Fsp3) is 0.442. The van der Waals surface area contributed by atoms with E-state index in [1.807, 2.05) is 0 Å². The first kappa shape index (κ1) is 33.9. The van der Waals surface area contributed by atoms with Gasteiger partial charge in [0.15, 0.2) is 34.5 Å². The van der Waals surface area contributed by atoms with Crippen molar-refractivity contribution < 1.29 is 23.7 Å². The summed E-state index contributed by atoms with van der Waals surface area (Å²) in [5, 5.41) is 0. The maximum absolute atomic E-state index is 6.72. The first-order valence-electron chi connectivity index (χ1n) is 18.6. The maximum atomic E-state index is 6.72. The highest BCUT2D eigenvalue weighted by Crippen LogP contribution is 2.52. The average Bonchev–Trinajstić information content (AvgIpc) is 3.54. The van der Waals surface area contributed by atoms with Gasteiger partial charge in [-0.15, -0.1) is 0 Å². The molecule has 10 bridgehead atoms. The molecule has 11 rings (SSSR count). The van der Waals surface area contributed by atoms with Crippen molar-refractivity contribution in [3.63, 3.8) is 0 Å². The summed E-state index contributed by atoms with van der Waals surface area (Å²) in [5.41, 5.74) is 7.35. The Bertz CT molecular complexity index is 1880. The van der Waals surface area contributed by atoms with Gasteiger partial charge < -0.3 is 28.6 Å². The molecular weight excluding hydrogens is 638 g/mol. The lowest BCUT2D eigenvalue weighted by atomic mass is 9.87. The van der Waals surface area contributed by atoms with E-state index in [1.165, 1.54) is 47.2 Å². The van der Waals surface area contributed by atoms with Crippen LogP contribution in [-0.4, -0.2) is 81.3 Å². The third-order valence-electron chi connectivity index (χ3n) is 11.8. The predicted molar refractivity (Wildman–Crippen MR) is 200 cm³/mol. The Kier molecular flexibility index (Phi) is 9.34. The van der Waals surface area contributed by atoms with Crippen LogP contribution in [0.1, 0.15) is 60.9 Å². The monoisotopic (exact) mass is 689 g/mol. The normalized spacial score (nSPS) is 24.8. The van der Waals surface area contributed by atoms with Crippen molar-refractivity contribution in [2.45, 2.75) is 70.0 Å². The van der Waals surface area contributed by atoms with E-state index in [1.54, 1.807) is 7.11 Å². The number of methoxy groups -OCH3 is 1. The number of nitrogens with zero attached hydrogens (tertiary/aromatic N) is 3. The van der Waals surface area contributed by atoms with Crippen molar-refractivity contribution in [3.05, 3.63) is 106 Å². The lowest BCUT2D eigenvalue weighted by Gasteiger charge is -2.38. The molecule has 0 N–H and O–H groups in total. The minimum absolute atomic E-state index is 0.0860. The highest BCUT2D eigenvalue weighted by Gasteiger charge is 2.36. The van der Waals surface area contributed by atoms with Crippen LogP contribution in [-0.2, 0) is 19.3 Å². The van der Waals surface area contributed by atoms with E-state index < -0.39 is 0 Å². The van der Waals surface area contributed by atoms with Gasteiger partial charge in [-0.1, -0.05) is 30.4 Å². The lowest BCUT2D eigenvalue weighted by molar-refractivity contribution is 0.213. The van der Waals surface area contributed by atoms with Crippen molar-refractivity contribution in [3.8, 4) is 34.5 Å². The molecule has 8 aliphatic rings. The van der Waals surface area contributed by atoms with Crippen LogP contribution in [0.25, 0.3) is 0 Å². The Hall–Kier alpha value is -4.24. The molecule has 3 unspecified atom stereocenters. The van der Waals surface area contributed by atoms with Crippen LogP contribution >= 0.6 is 0 Å². The SMILES string of the molecule is C=C1Oc2c3c(OC)cc4c2C(Cc2ccc(cc2)Oc2cc(ccc2OCCC2CCCN2C)CC2C(C)=C(/C=C\1O3)CCN2C)N(C)CC4. The second-order valence-corrected chi connectivity index (χ2v) is 15.0. The Morgan fingerprint density at radius 3 is 2.35 bits per heavy atom. The third-order valence-corrected chi connectivity index (χ3v) is 11.8. The van der Waals surface area contributed by atoms with E-state index in [-0.39, 0.29) is 12.1 Å². The van der Waals surface area contributed by atoms with Gasteiger partial charge in [0.05, 0.1) is 13.7 Å². The molecule has 3 aromatic carbocycles. The zero-order valence-electron chi connectivity index (χ0n) is 30.8. The molecule has 0 saturated carbocycles. The minimum Gasteiger partial charge on any atom is -0.493 e. The molecule has 268 valence electrons. The summed E-state index contributed by atoms with van der Waals surface area (Å²) in [4.78, 5) is 7.31. The summed E-state index contributed by atoms with van der Waals surface area (Å²) in [7, 11) is 8.32. The molecule has 1 saturated heterocycles. The second kappa shape index (κ2) is 14.1. The quantitative estimate of drug-likeness (QED) is 0.269. The molecule has 3 atom stereocenters. The number of benzene rings is 3. The van der Waals surface area contributed by atoms with Crippen LogP contribution in [0.5, 0.6) is 34.5 Å². The van der Waals surface area contributed by atoms with Crippen molar-refractivity contribution in [1.82, 2.24) is 14.7 Å². The van der Waals surface area contributed by atoms with E-state index in [0.717, 1.165) is 73.8 Å². The molecule has 0 spiro atoms. The van der Waals surface area contributed by atoms with Crippen LogP contribution in [0, 0.1) is 0 Å². The zero-order chi connectivity index (χ0) is 35.2. The summed E-state index contributed by atoms with van der Waals surface area (Å²) in [6.45, 7) is 10.3. The van der Waals surface area contributed by atoms with Gasteiger partial charge in [-0.2, -0.15) is 0 Å². The largest absolute Gasteiger partial charge is 0.493 e. The first-order chi connectivity index (χ1) is 24.7. The predicted octanol–water partition coefficient (Wildman–Crippen LogP) is 7.87. The summed E-state index contributed by atoms with van der Waals surface area (Å²) in [6.07, 6.45) is 9.11. The Morgan fingerprint density at radius 2 is 1.57 bits per heavy atom. The minimum atomic E-state index is 0.0860. The van der Waals surface area contributed by atoms with Gasteiger partial charge in [0.1, 0.15) is 5.75 Å². The molecule has 0 aromatic heterocycles. The molecule has 8 nitrogen and oxygen atoms in total. The van der Waals surface area contributed by atoms with Crippen LogP contribution < -0.4 is 23.7 Å². The molecule has 51 heavy (non-hydrogen) atoms. The molecule has 0 aliphatic carbocycles. The third kappa shape index (κ3) is 6.65.